The van der Waals surface area contributed by atoms with E-state index in [0.29, 0.717) is 12.6 Å². The summed E-state index contributed by atoms with van der Waals surface area (Å²) in [7, 11) is 0. The molecular weight excluding hydrogens is 290 g/mol. The van der Waals surface area contributed by atoms with E-state index >= 15 is 0 Å². The van der Waals surface area contributed by atoms with Crippen LogP contribution in [0.15, 0.2) is 12.4 Å². The molecule has 1 saturated heterocycles. The van der Waals surface area contributed by atoms with Crippen LogP contribution in [0.1, 0.15) is 38.2 Å². The molecular formula is C17H29N5O. The van der Waals surface area contributed by atoms with Gasteiger partial charge in [-0.05, 0) is 45.1 Å². The fraction of sp³-hybridized carbons (Fsp3) is 0.765. The molecule has 1 amide bonds. The Morgan fingerprint density at radius 2 is 2.09 bits per heavy atom. The van der Waals surface area contributed by atoms with Crippen molar-refractivity contribution in [1.82, 2.24) is 25.3 Å². The number of nitrogens with one attached hydrogen (secondary N) is 2. The molecule has 128 valence electrons. The number of amides is 1. The van der Waals surface area contributed by atoms with Crippen LogP contribution in [0.4, 0.5) is 0 Å². The van der Waals surface area contributed by atoms with Crippen LogP contribution in [0.2, 0.25) is 0 Å². The number of likely N-dealkylation sites (tertiary alicyclic amines) is 1. The minimum Gasteiger partial charge on any atom is -0.352 e. The Hall–Kier alpha value is -1.40. The highest BCUT2D eigenvalue weighted by Crippen LogP contribution is 2.29. The van der Waals surface area contributed by atoms with Crippen molar-refractivity contribution in [3.8, 4) is 0 Å². The number of rotatable bonds is 7. The van der Waals surface area contributed by atoms with Gasteiger partial charge in [0.1, 0.15) is 0 Å². The number of aromatic nitrogens is 2. The summed E-state index contributed by atoms with van der Waals surface area (Å²) in [5, 5.41) is 10.7. The van der Waals surface area contributed by atoms with Gasteiger partial charge >= 0.3 is 0 Å². The molecule has 2 N–H and O–H groups in total. The van der Waals surface area contributed by atoms with Crippen molar-refractivity contribution < 1.29 is 4.79 Å². The van der Waals surface area contributed by atoms with Crippen molar-refractivity contribution >= 4 is 5.91 Å². The van der Waals surface area contributed by atoms with Gasteiger partial charge in [-0.3, -0.25) is 9.48 Å². The van der Waals surface area contributed by atoms with Crippen LogP contribution >= 0.6 is 0 Å². The van der Waals surface area contributed by atoms with Gasteiger partial charge in [-0.25, -0.2) is 0 Å². The van der Waals surface area contributed by atoms with E-state index in [1.54, 1.807) is 0 Å². The highest BCUT2D eigenvalue weighted by Gasteiger charge is 2.32. The Labute approximate surface area is 138 Å². The van der Waals surface area contributed by atoms with Crippen molar-refractivity contribution in [2.24, 2.45) is 0 Å². The summed E-state index contributed by atoms with van der Waals surface area (Å²) < 4.78 is 1.92. The minimum absolute atomic E-state index is 0.110. The van der Waals surface area contributed by atoms with Crippen LogP contribution in [0, 0.1) is 6.92 Å². The van der Waals surface area contributed by atoms with Gasteiger partial charge in [-0.1, -0.05) is 0 Å². The maximum absolute atomic E-state index is 12.1. The van der Waals surface area contributed by atoms with Crippen molar-refractivity contribution in [1.29, 1.82) is 0 Å². The molecule has 0 bridgehead atoms. The largest absolute Gasteiger partial charge is 0.352 e. The van der Waals surface area contributed by atoms with E-state index in [4.69, 9.17) is 0 Å². The van der Waals surface area contributed by atoms with E-state index < -0.39 is 0 Å². The highest BCUT2D eigenvalue weighted by molar-refractivity contribution is 5.78. The molecule has 2 heterocycles. The first kappa shape index (κ1) is 16.5. The van der Waals surface area contributed by atoms with E-state index in [2.05, 4.69) is 27.6 Å². The predicted octanol–water partition coefficient (Wildman–Crippen LogP) is 0.913. The molecule has 0 spiro atoms. The van der Waals surface area contributed by atoms with Gasteiger partial charge in [0.2, 0.25) is 5.91 Å². The van der Waals surface area contributed by atoms with Gasteiger partial charge < -0.3 is 15.5 Å². The van der Waals surface area contributed by atoms with Crippen LogP contribution < -0.4 is 10.6 Å². The number of piperidine rings is 1. The molecule has 0 unspecified atom stereocenters. The molecule has 2 fully saturated rings. The Bertz CT molecular complexity index is 517. The van der Waals surface area contributed by atoms with Gasteiger partial charge in [0, 0.05) is 37.4 Å². The minimum atomic E-state index is 0.110. The molecule has 1 aromatic rings. The first-order chi connectivity index (χ1) is 11.1. The van der Waals surface area contributed by atoms with Crippen LogP contribution in [-0.4, -0.2) is 58.3 Å². The average molecular weight is 319 g/mol. The summed E-state index contributed by atoms with van der Waals surface area (Å²) in [5.74, 6) is 0.110. The van der Waals surface area contributed by atoms with E-state index in [-0.39, 0.29) is 11.9 Å². The van der Waals surface area contributed by atoms with Crippen LogP contribution in [0.5, 0.6) is 0 Å². The lowest BCUT2D eigenvalue weighted by Gasteiger charge is -2.32. The number of hydrogen-bond acceptors (Lipinski definition) is 4. The molecule has 6 nitrogen and oxygen atoms in total. The second-order valence-corrected chi connectivity index (χ2v) is 7.13. The number of aryl methyl sites for hydroxylation is 1. The van der Waals surface area contributed by atoms with Gasteiger partial charge in [-0.15, -0.1) is 0 Å². The third kappa shape index (κ3) is 5.04. The van der Waals surface area contributed by atoms with E-state index in [0.717, 1.165) is 44.1 Å². The topological polar surface area (TPSA) is 62.2 Å². The molecule has 1 saturated carbocycles. The zero-order valence-corrected chi connectivity index (χ0v) is 14.3. The molecule has 1 aliphatic carbocycles. The van der Waals surface area contributed by atoms with Crippen LogP contribution in [-0.2, 0) is 11.3 Å². The van der Waals surface area contributed by atoms with E-state index in [9.17, 15) is 4.79 Å². The van der Waals surface area contributed by atoms with Crippen molar-refractivity contribution in [2.45, 2.75) is 64.2 Å². The maximum atomic E-state index is 12.1. The van der Waals surface area contributed by atoms with Gasteiger partial charge in [-0.2, -0.15) is 5.10 Å². The summed E-state index contributed by atoms with van der Waals surface area (Å²) in [6.07, 6.45) is 8.79. The molecule has 1 aliphatic heterocycles. The molecule has 0 radical (unpaired) electrons. The fourth-order valence-corrected chi connectivity index (χ4v) is 3.31. The summed E-state index contributed by atoms with van der Waals surface area (Å²) in [5.41, 5.74) is 1.16. The molecule has 1 atom stereocenters. The Balaban J connectivity index is 1.31. The van der Waals surface area contributed by atoms with Gasteiger partial charge in [0.25, 0.3) is 0 Å². The SMILES string of the molecule is Cc1cnn(C[C@H](C)NCC(=O)NC2CCN(C3CC3)CC2)c1. The van der Waals surface area contributed by atoms with Crippen molar-refractivity contribution in [2.75, 3.05) is 19.6 Å². The van der Waals surface area contributed by atoms with Gasteiger partial charge in [0.05, 0.1) is 19.3 Å². The molecule has 2 aliphatic rings. The molecule has 6 heteroatoms. The lowest BCUT2D eigenvalue weighted by Crippen LogP contribution is -2.48. The monoisotopic (exact) mass is 319 g/mol. The summed E-state index contributed by atoms with van der Waals surface area (Å²) >= 11 is 0. The molecule has 0 aromatic carbocycles. The predicted molar refractivity (Wildman–Crippen MR) is 90.2 cm³/mol. The maximum Gasteiger partial charge on any atom is 0.234 e. The molecule has 1 aromatic heterocycles. The number of carbonyl (C=O) groups excluding carboxylic acids is 1. The Morgan fingerprint density at radius 3 is 2.70 bits per heavy atom. The highest BCUT2D eigenvalue weighted by atomic mass is 16.2. The van der Waals surface area contributed by atoms with Gasteiger partial charge in [0.15, 0.2) is 0 Å². The second-order valence-electron chi connectivity index (χ2n) is 7.13. The number of hydrogen-bond donors (Lipinski definition) is 2. The number of carbonyl (C=O) groups is 1. The summed E-state index contributed by atoms with van der Waals surface area (Å²) in [6.45, 7) is 7.54. The average Bonchev–Trinajstić information content (AvgIpc) is 3.30. The number of nitrogens with zero attached hydrogens (tertiary/aromatic N) is 3. The van der Waals surface area contributed by atoms with Crippen LogP contribution in [0.3, 0.4) is 0 Å². The van der Waals surface area contributed by atoms with E-state index in [1.165, 1.54) is 12.8 Å². The molecule has 3 rings (SSSR count). The van der Waals surface area contributed by atoms with Crippen LogP contribution in [0.25, 0.3) is 0 Å². The van der Waals surface area contributed by atoms with E-state index in [1.807, 2.05) is 24.0 Å². The smallest absolute Gasteiger partial charge is 0.234 e. The molecule has 23 heavy (non-hydrogen) atoms. The lowest BCUT2D eigenvalue weighted by atomic mass is 10.0. The summed E-state index contributed by atoms with van der Waals surface area (Å²) in [4.78, 5) is 14.7. The lowest BCUT2D eigenvalue weighted by molar-refractivity contribution is -0.121. The zero-order valence-electron chi connectivity index (χ0n) is 14.3. The quantitative estimate of drug-likeness (QED) is 0.784. The summed E-state index contributed by atoms with van der Waals surface area (Å²) in [6, 6.07) is 1.42. The normalized spacial score (nSPS) is 21.3. The first-order valence-corrected chi connectivity index (χ1v) is 8.86. The Morgan fingerprint density at radius 1 is 1.35 bits per heavy atom. The zero-order chi connectivity index (χ0) is 16.2. The fourth-order valence-electron chi connectivity index (χ4n) is 3.31. The third-order valence-electron chi connectivity index (χ3n) is 4.79. The van der Waals surface area contributed by atoms with Crippen molar-refractivity contribution in [3.05, 3.63) is 18.0 Å². The first-order valence-electron chi connectivity index (χ1n) is 8.86. The standard InChI is InChI=1S/C17H29N5O/c1-13-9-19-22(11-13)12-14(2)18-10-17(23)20-15-5-7-21(8-6-15)16-3-4-16/h9,11,14-16,18H,3-8,10,12H2,1-2H3,(H,20,23)/t14-/m0/s1. The second kappa shape index (κ2) is 7.45. The van der Waals surface area contributed by atoms with Crippen molar-refractivity contribution in [3.63, 3.8) is 0 Å². The Kier molecular flexibility index (Phi) is 5.33. The third-order valence-corrected chi connectivity index (χ3v) is 4.79.